The third-order valence-corrected chi connectivity index (χ3v) is 4.20. The minimum absolute atomic E-state index is 0. The van der Waals surface area contributed by atoms with Crippen LogP contribution in [0.1, 0.15) is 42.5 Å². The molecule has 23 heavy (non-hydrogen) atoms. The van der Waals surface area contributed by atoms with Gasteiger partial charge in [-0.1, -0.05) is 60.7 Å². The van der Waals surface area contributed by atoms with Crippen LogP contribution >= 0.6 is 12.4 Å². The van der Waals surface area contributed by atoms with Crippen LogP contribution in [0, 0.1) is 5.92 Å². The monoisotopic (exact) mass is 330 g/mol. The van der Waals surface area contributed by atoms with Gasteiger partial charge in [0.1, 0.15) is 0 Å². The first-order chi connectivity index (χ1) is 10.7. The van der Waals surface area contributed by atoms with Gasteiger partial charge in [0.05, 0.1) is 6.04 Å². The molecule has 1 amide bonds. The smallest absolute Gasteiger partial charge is 0.222 e. The minimum atomic E-state index is -0.253. The molecule has 1 fully saturated rings. The summed E-state index contributed by atoms with van der Waals surface area (Å²) in [5.74, 6) is 0.594. The van der Waals surface area contributed by atoms with Gasteiger partial charge in [-0.05, 0) is 29.9 Å². The predicted molar refractivity (Wildman–Crippen MR) is 95.3 cm³/mol. The summed E-state index contributed by atoms with van der Waals surface area (Å²) in [7, 11) is 0. The van der Waals surface area contributed by atoms with Gasteiger partial charge < -0.3 is 11.1 Å². The van der Waals surface area contributed by atoms with Gasteiger partial charge in [-0.2, -0.15) is 0 Å². The summed E-state index contributed by atoms with van der Waals surface area (Å²) in [6, 6.07) is 19.9. The van der Waals surface area contributed by atoms with Crippen molar-refractivity contribution in [3.05, 3.63) is 71.8 Å². The van der Waals surface area contributed by atoms with Crippen LogP contribution in [0.4, 0.5) is 0 Å². The molecule has 0 heterocycles. The molecule has 0 radical (unpaired) electrons. The Balaban J connectivity index is 0.00000192. The second kappa shape index (κ2) is 8.14. The zero-order valence-electron chi connectivity index (χ0n) is 13.0. The number of carbonyl (C=O) groups excluding carboxylic acids is 1. The van der Waals surface area contributed by atoms with Crippen molar-refractivity contribution in [2.75, 3.05) is 0 Å². The Kier molecular flexibility index (Phi) is 6.20. The number of benzene rings is 2. The standard InChI is InChI=1S/C19H22N2O.ClH/c20-17(14-7-3-1-4-8-14)13-18(22)21-19(16-11-12-16)15-9-5-2-6-10-15;/h1-10,16-17,19H,11-13,20H2,(H,21,22);1H. The Morgan fingerprint density at radius 2 is 1.52 bits per heavy atom. The third-order valence-electron chi connectivity index (χ3n) is 4.20. The lowest BCUT2D eigenvalue weighted by Crippen LogP contribution is -2.32. The van der Waals surface area contributed by atoms with Crippen LogP contribution in [0.25, 0.3) is 0 Å². The molecule has 1 saturated carbocycles. The van der Waals surface area contributed by atoms with Gasteiger partial charge in [0, 0.05) is 12.5 Å². The van der Waals surface area contributed by atoms with Crippen molar-refractivity contribution < 1.29 is 4.79 Å². The number of rotatable bonds is 6. The summed E-state index contributed by atoms with van der Waals surface area (Å²) >= 11 is 0. The highest BCUT2D eigenvalue weighted by Gasteiger charge is 2.33. The number of nitrogens with one attached hydrogen (secondary N) is 1. The van der Waals surface area contributed by atoms with Crippen molar-refractivity contribution in [1.82, 2.24) is 5.32 Å². The Morgan fingerprint density at radius 3 is 2.04 bits per heavy atom. The average Bonchev–Trinajstić information content (AvgIpc) is 3.39. The van der Waals surface area contributed by atoms with Gasteiger partial charge in [0.15, 0.2) is 0 Å². The third kappa shape index (κ3) is 4.81. The highest BCUT2D eigenvalue weighted by Crippen LogP contribution is 2.41. The molecular formula is C19H23ClN2O. The second-order valence-electron chi connectivity index (χ2n) is 6.01. The number of nitrogens with two attached hydrogens (primary N) is 1. The first kappa shape index (κ1) is 17.5. The van der Waals surface area contributed by atoms with Crippen molar-refractivity contribution in [2.45, 2.75) is 31.3 Å². The maximum Gasteiger partial charge on any atom is 0.222 e. The summed E-state index contributed by atoms with van der Waals surface area (Å²) in [6.07, 6.45) is 2.69. The van der Waals surface area contributed by atoms with Crippen LogP contribution in [-0.2, 0) is 4.79 Å². The fourth-order valence-electron chi connectivity index (χ4n) is 2.81. The van der Waals surface area contributed by atoms with E-state index in [9.17, 15) is 4.79 Å². The first-order valence-corrected chi connectivity index (χ1v) is 7.89. The van der Waals surface area contributed by atoms with E-state index in [0.717, 1.165) is 5.56 Å². The first-order valence-electron chi connectivity index (χ1n) is 7.89. The van der Waals surface area contributed by atoms with Crippen LogP contribution in [0.15, 0.2) is 60.7 Å². The molecule has 2 aromatic carbocycles. The van der Waals surface area contributed by atoms with Crippen LogP contribution in [0.2, 0.25) is 0 Å². The van der Waals surface area contributed by atoms with Crippen molar-refractivity contribution in [1.29, 1.82) is 0 Å². The molecule has 1 aliphatic carbocycles. The summed E-state index contributed by atoms with van der Waals surface area (Å²) in [4.78, 5) is 12.4. The molecular weight excluding hydrogens is 308 g/mol. The molecule has 1 aliphatic rings. The minimum Gasteiger partial charge on any atom is -0.349 e. The van der Waals surface area contributed by atoms with E-state index in [0.29, 0.717) is 12.3 Å². The molecule has 0 aromatic heterocycles. The topological polar surface area (TPSA) is 55.1 Å². The van der Waals surface area contributed by atoms with Gasteiger partial charge in [-0.3, -0.25) is 4.79 Å². The second-order valence-corrected chi connectivity index (χ2v) is 6.01. The van der Waals surface area contributed by atoms with Gasteiger partial charge in [-0.25, -0.2) is 0 Å². The van der Waals surface area contributed by atoms with Crippen LogP contribution in [0.5, 0.6) is 0 Å². The van der Waals surface area contributed by atoms with Crippen molar-refractivity contribution in [3.63, 3.8) is 0 Å². The molecule has 3 nitrogen and oxygen atoms in total. The van der Waals surface area contributed by atoms with E-state index < -0.39 is 0 Å². The van der Waals surface area contributed by atoms with Crippen LogP contribution in [-0.4, -0.2) is 5.91 Å². The lowest BCUT2D eigenvalue weighted by atomic mass is 10.0. The SMILES string of the molecule is Cl.NC(CC(=O)NC(c1ccccc1)C1CC1)c1ccccc1. The lowest BCUT2D eigenvalue weighted by Gasteiger charge is -2.20. The maximum absolute atomic E-state index is 12.4. The number of hydrogen-bond donors (Lipinski definition) is 2. The molecule has 122 valence electrons. The van der Waals surface area contributed by atoms with E-state index >= 15 is 0 Å². The lowest BCUT2D eigenvalue weighted by molar-refractivity contribution is -0.122. The Labute approximate surface area is 143 Å². The fraction of sp³-hybridized carbons (Fsp3) is 0.316. The van der Waals surface area contributed by atoms with E-state index in [4.69, 9.17) is 5.73 Å². The largest absolute Gasteiger partial charge is 0.349 e. The maximum atomic E-state index is 12.4. The normalized spacial score (nSPS) is 16.0. The summed E-state index contributed by atoms with van der Waals surface area (Å²) in [6.45, 7) is 0. The molecule has 0 bridgehead atoms. The highest BCUT2D eigenvalue weighted by atomic mass is 35.5. The highest BCUT2D eigenvalue weighted by molar-refractivity contribution is 5.85. The molecule has 2 unspecified atom stereocenters. The summed E-state index contributed by atoms with van der Waals surface area (Å²) in [5.41, 5.74) is 8.33. The van der Waals surface area contributed by atoms with E-state index in [-0.39, 0.29) is 30.4 Å². The van der Waals surface area contributed by atoms with Crippen LogP contribution in [0.3, 0.4) is 0 Å². The molecule has 2 aromatic rings. The Bertz CT molecular complexity index is 614. The van der Waals surface area contributed by atoms with Gasteiger partial charge in [0.2, 0.25) is 5.91 Å². The van der Waals surface area contributed by atoms with Crippen molar-refractivity contribution in [2.24, 2.45) is 11.7 Å². The molecule has 3 rings (SSSR count). The average molecular weight is 331 g/mol. The number of halogens is 1. The molecule has 0 spiro atoms. The summed E-state index contributed by atoms with van der Waals surface area (Å²) < 4.78 is 0. The van der Waals surface area contributed by atoms with Crippen molar-refractivity contribution in [3.8, 4) is 0 Å². The van der Waals surface area contributed by atoms with E-state index in [1.165, 1.54) is 18.4 Å². The number of hydrogen-bond acceptors (Lipinski definition) is 2. The van der Waals surface area contributed by atoms with Crippen LogP contribution < -0.4 is 11.1 Å². The molecule has 0 aliphatic heterocycles. The quantitative estimate of drug-likeness (QED) is 0.847. The Morgan fingerprint density at radius 1 is 1.00 bits per heavy atom. The number of amides is 1. The molecule has 2 atom stereocenters. The zero-order chi connectivity index (χ0) is 15.4. The predicted octanol–water partition coefficient (Wildman–Crippen LogP) is 3.77. The zero-order valence-corrected chi connectivity index (χ0v) is 13.8. The molecule has 4 heteroatoms. The van der Waals surface area contributed by atoms with Crippen molar-refractivity contribution >= 4 is 18.3 Å². The van der Waals surface area contributed by atoms with Gasteiger partial charge in [0.25, 0.3) is 0 Å². The van der Waals surface area contributed by atoms with E-state index in [1.54, 1.807) is 0 Å². The summed E-state index contributed by atoms with van der Waals surface area (Å²) in [5, 5.41) is 3.18. The Hall–Kier alpha value is -1.84. The van der Waals surface area contributed by atoms with Gasteiger partial charge in [-0.15, -0.1) is 12.4 Å². The van der Waals surface area contributed by atoms with E-state index in [1.807, 2.05) is 48.5 Å². The van der Waals surface area contributed by atoms with E-state index in [2.05, 4.69) is 17.4 Å². The fourth-order valence-corrected chi connectivity index (χ4v) is 2.81. The molecule has 3 N–H and O–H groups in total. The number of carbonyl (C=O) groups is 1. The molecule has 0 saturated heterocycles. The van der Waals surface area contributed by atoms with Gasteiger partial charge >= 0.3 is 0 Å².